The van der Waals surface area contributed by atoms with Gasteiger partial charge in [0.2, 0.25) is 0 Å². The average Bonchev–Trinajstić information content (AvgIpc) is 1.64. The molecule has 0 heterocycles. The molecule has 51 valence electrons. The fraction of sp³-hybridized carbons (Fsp3) is 0.500. The first-order chi connectivity index (χ1) is 4.09. The standard InChI is InChI=1S/C4H6NO3S/c1-2(6)3(9-8)4(5)7/h2,5-6H,1H3. The number of nitrogens with one attached hydrogen (secondary N) is 1. The van der Waals surface area contributed by atoms with Crippen LogP contribution in [0, 0.1) is 0 Å². The molecule has 0 bridgehead atoms. The third-order valence-corrected chi connectivity index (χ3v) is 1.40. The van der Waals surface area contributed by atoms with E-state index in [0.717, 1.165) is 0 Å². The average molecular weight is 148 g/mol. The molecular weight excluding hydrogens is 142 g/mol. The van der Waals surface area contributed by atoms with E-state index in [1.807, 2.05) is 0 Å². The van der Waals surface area contributed by atoms with E-state index < -0.39 is 12.0 Å². The van der Waals surface area contributed by atoms with Crippen molar-refractivity contribution in [1.82, 2.24) is 5.73 Å². The predicted molar refractivity (Wildman–Crippen MR) is 32.9 cm³/mol. The molecule has 0 aromatic carbocycles. The zero-order valence-electron chi connectivity index (χ0n) is 4.75. The van der Waals surface area contributed by atoms with E-state index in [9.17, 15) is 9.00 Å². The number of aliphatic hydroxyl groups is 1. The van der Waals surface area contributed by atoms with Crippen LogP contribution in [0.3, 0.4) is 0 Å². The van der Waals surface area contributed by atoms with Gasteiger partial charge in [-0.15, -0.1) is 0 Å². The lowest BCUT2D eigenvalue weighted by atomic mass is 10.3. The van der Waals surface area contributed by atoms with E-state index in [1.54, 1.807) is 0 Å². The van der Waals surface area contributed by atoms with Gasteiger partial charge in [0.05, 0.1) is 6.10 Å². The molecule has 1 atom stereocenters. The highest BCUT2D eigenvalue weighted by Crippen LogP contribution is 1.82. The lowest BCUT2D eigenvalue weighted by molar-refractivity contribution is -0.112. The number of hydrogen-bond donors (Lipinski definition) is 1. The molecule has 0 aliphatic rings. The highest BCUT2D eigenvalue weighted by Gasteiger charge is 2.12. The SMILES string of the molecule is CC(O)C(=S=O)C([NH])=O. The second-order valence-corrected chi connectivity index (χ2v) is 2.06. The van der Waals surface area contributed by atoms with Crippen LogP contribution < -0.4 is 5.73 Å². The molecule has 1 amide bonds. The molecule has 0 saturated carbocycles. The van der Waals surface area contributed by atoms with E-state index in [2.05, 4.69) is 0 Å². The van der Waals surface area contributed by atoms with Crippen molar-refractivity contribution in [2.45, 2.75) is 13.0 Å². The van der Waals surface area contributed by atoms with Crippen molar-refractivity contribution in [3.8, 4) is 0 Å². The van der Waals surface area contributed by atoms with Crippen LogP contribution in [0.25, 0.3) is 0 Å². The number of hydrogen-bond acceptors (Lipinski definition) is 3. The zero-order chi connectivity index (χ0) is 7.44. The van der Waals surface area contributed by atoms with Crippen molar-refractivity contribution < 1.29 is 14.1 Å². The minimum absolute atomic E-state index is 0.134. The summed E-state index contributed by atoms with van der Waals surface area (Å²) >= 11 is -0.134. The first kappa shape index (κ1) is 8.32. The van der Waals surface area contributed by atoms with Gasteiger partial charge in [-0.05, 0) is 6.92 Å². The van der Waals surface area contributed by atoms with Crippen LogP contribution in [-0.4, -0.2) is 26.2 Å². The Balaban J connectivity index is 4.38. The molecule has 0 aromatic heterocycles. The van der Waals surface area contributed by atoms with Crippen LogP contribution in [0.15, 0.2) is 0 Å². The Bertz CT molecular complexity index is 171. The summed E-state index contributed by atoms with van der Waals surface area (Å²) in [6.07, 6.45) is -1.11. The monoisotopic (exact) mass is 148 g/mol. The van der Waals surface area contributed by atoms with Crippen molar-refractivity contribution in [2.24, 2.45) is 0 Å². The molecule has 0 aliphatic heterocycles. The van der Waals surface area contributed by atoms with E-state index in [0.29, 0.717) is 0 Å². The topological polar surface area (TPSA) is 78.2 Å². The van der Waals surface area contributed by atoms with Gasteiger partial charge in [-0.1, -0.05) is 0 Å². The normalized spacial score (nSPS) is 12.2. The number of aliphatic hydroxyl groups excluding tert-OH is 1. The molecule has 1 unspecified atom stereocenters. The molecule has 4 nitrogen and oxygen atoms in total. The van der Waals surface area contributed by atoms with Crippen LogP contribution in [0.4, 0.5) is 0 Å². The van der Waals surface area contributed by atoms with Gasteiger partial charge in [0.15, 0.2) is 0 Å². The summed E-state index contributed by atoms with van der Waals surface area (Å²) in [5, 5.41) is 8.58. The maximum absolute atomic E-state index is 10.1. The van der Waals surface area contributed by atoms with Gasteiger partial charge in [-0.25, -0.2) is 4.21 Å². The largest absolute Gasteiger partial charge is 0.388 e. The second kappa shape index (κ2) is 3.37. The predicted octanol–water partition coefficient (Wildman–Crippen LogP) is -1.44. The molecule has 2 N–H and O–H groups in total. The van der Waals surface area contributed by atoms with Gasteiger partial charge in [-0.3, -0.25) is 10.5 Å². The lowest BCUT2D eigenvalue weighted by Gasteiger charge is -1.97. The molecule has 0 aromatic rings. The fourth-order valence-corrected chi connectivity index (χ4v) is 0.512. The van der Waals surface area contributed by atoms with Gasteiger partial charge in [-0.2, -0.15) is 0 Å². The Labute approximate surface area is 55.7 Å². The molecule has 0 rings (SSSR count). The van der Waals surface area contributed by atoms with Crippen LogP contribution in [-0.2, 0) is 16.1 Å². The minimum Gasteiger partial charge on any atom is -0.388 e. The highest BCUT2D eigenvalue weighted by atomic mass is 32.1. The highest BCUT2D eigenvalue weighted by molar-refractivity contribution is 7.68. The summed E-state index contributed by atoms with van der Waals surface area (Å²) in [4.78, 5) is 9.70. The zero-order valence-corrected chi connectivity index (χ0v) is 5.57. The maximum Gasteiger partial charge on any atom is 0.281 e. The summed E-state index contributed by atoms with van der Waals surface area (Å²) in [6.45, 7) is 1.27. The van der Waals surface area contributed by atoms with E-state index in [-0.39, 0.29) is 16.1 Å². The minimum atomic E-state index is -1.11. The summed E-state index contributed by atoms with van der Waals surface area (Å²) < 4.78 is 9.89. The van der Waals surface area contributed by atoms with Gasteiger partial charge in [0, 0.05) is 0 Å². The smallest absolute Gasteiger partial charge is 0.281 e. The molecule has 1 radical (unpaired) electrons. The molecule has 0 spiro atoms. The van der Waals surface area contributed by atoms with Crippen molar-refractivity contribution in [2.75, 3.05) is 0 Å². The third-order valence-electron chi connectivity index (χ3n) is 0.693. The van der Waals surface area contributed by atoms with Crippen molar-refractivity contribution in [3.63, 3.8) is 0 Å². The lowest BCUT2D eigenvalue weighted by Crippen LogP contribution is -2.26. The summed E-state index contributed by atoms with van der Waals surface area (Å²) in [6, 6.07) is 0. The van der Waals surface area contributed by atoms with Crippen LogP contribution in [0.5, 0.6) is 0 Å². The van der Waals surface area contributed by atoms with E-state index in [4.69, 9.17) is 10.8 Å². The Hall–Kier alpha value is -0.680. The van der Waals surface area contributed by atoms with Crippen molar-refractivity contribution in [1.29, 1.82) is 0 Å². The van der Waals surface area contributed by atoms with E-state index in [1.165, 1.54) is 6.92 Å². The second-order valence-electron chi connectivity index (χ2n) is 1.45. The van der Waals surface area contributed by atoms with Crippen LogP contribution in [0.1, 0.15) is 6.92 Å². The van der Waals surface area contributed by atoms with Crippen molar-refractivity contribution in [3.05, 3.63) is 0 Å². The summed E-state index contributed by atoms with van der Waals surface area (Å²) in [7, 11) is 0. The van der Waals surface area contributed by atoms with E-state index >= 15 is 0 Å². The molecule has 0 aliphatic carbocycles. The number of amides is 1. The maximum atomic E-state index is 10.1. The quantitative estimate of drug-likeness (QED) is 0.487. The Kier molecular flexibility index (Phi) is 3.11. The molecule has 0 saturated heterocycles. The summed E-state index contributed by atoms with van der Waals surface area (Å²) in [5.41, 5.74) is 6.41. The Morgan fingerprint density at radius 2 is 2.22 bits per heavy atom. The Morgan fingerprint density at radius 1 is 1.78 bits per heavy atom. The first-order valence-electron chi connectivity index (χ1n) is 2.20. The number of carbonyl (C=O) groups excluding carboxylic acids is 1. The van der Waals surface area contributed by atoms with Gasteiger partial charge in [0.25, 0.3) is 5.91 Å². The third kappa shape index (κ3) is 2.39. The molecular formula is C4H6NO3S. The summed E-state index contributed by atoms with van der Waals surface area (Å²) in [5.74, 6) is -1.11. The first-order valence-corrected chi connectivity index (χ1v) is 2.94. The Morgan fingerprint density at radius 3 is 2.22 bits per heavy atom. The van der Waals surface area contributed by atoms with Crippen molar-refractivity contribution >= 4 is 22.0 Å². The van der Waals surface area contributed by atoms with Gasteiger partial charge in [0.1, 0.15) is 16.1 Å². The molecule has 0 fully saturated rings. The van der Waals surface area contributed by atoms with Gasteiger partial charge < -0.3 is 5.11 Å². The van der Waals surface area contributed by atoms with Crippen LogP contribution >= 0.6 is 0 Å². The van der Waals surface area contributed by atoms with Gasteiger partial charge >= 0.3 is 0 Å². The number of rotatable bonds is 2. The van der Waals surface area contributed by atoms with Crippen LogP contribution in [0.2, 0.25) is 0 Å². The molecule has 5 heteroatoms. The molecule has 9 heavy (non-hydrogen) atoms. The fourth-order valence-electron chi connectivity index (χ4n) is 0.297. The number of carbonyl (C=O) groups is 1.